The van der Waals surface area contributed by atoms with Gasteiger partial charge in [-0.3, -0.25) is 4.79 Å². The van der Waals surface area contributed by atoms with E-state index in [2.05, 4.69) is 26.2 Å². The number of carbonyl (C=O) groups is 1. The van der Waals surface area contributed by atoms with Crippen molar-refractivity contribution in [2.75, 3.05) is 0 Å². The Hall–Kier alpha value is -1.99. The van der Waals surface area contributed by atoms with Crippen LogP contribution in [-0.4, -0.2) is 11.1 Å². The second kappa shape index (κ2) is 8.40. The van der Waals surface area contributed by atoms with Crippen molar-refractivity contribution in [1.29, 1.82) is 0 Å². The lowest BCUT2D eigenvalue weighted by atomic mass is 10.1. The van der Waals surface area contributed by atoms with Crippen LogP contribution < -0.4 is 5.32 Å². The van der Waals surface area contributed by atoms with Crippen molar-refractivity contribution in [3.05, 3.63) is 79.3 Å². The lowest BCUT2D eigenvalue weighted by Gasteiger charge is -2.02. The molecule has 0 saturated carbocycles. The molecule has 0 unspecified atom stereocenters. The Balaban J connectivity index is 1.56. The highest BCUT2D eigenvalue weighted by Crippen LogP contribution is 2.33. The van der Waals surface area contributed by atoms with Crippen LogP contribution in [0.15, 0.2) is 67.3 Å². The maximum absolute atomic E-state index is 12.3. The molecular formula is C21H13BrCl2N2O2S. The summed E-state index contributed by atoms with van der Waals surface area (Å²) in [4.78, 5) is 17.2. The van der Waals surface area contributed by atoms with Gasteiger partial charge < -0.3 is 9.73 Å². The number of furan rings is 1. The van der Waals surface area contributed by atoms with Gasteiger partial charge in [-0.1, -0.05) is 45.2 Å². The van der Waals surface area contributed by atoms with Crippen LogP contribution in [0.25, 0.3) is 17.4 Å². The summed E-state index contributed by atoms with van der Waals surface area (Å²) in [6.07, 6.45) is 1.70. The molecule has 1 fully saturated rings. The molecule has 4 rings (SSSR count). The summed E-state index contributed by atoms with van der Waals surface area (Å²) in [7, 11) is 0. The summed E-state index contributed by atoms with van der Waals surface area (Å²) in [6, 6.07) is 14.8. The van der Waals surface area contributed by atoms with Crippen molar-refractivity contribution in [2.24, 2.45) is 4.99 Å². The van der Waals surface area contributed by atoms with Crippen molar-refractivity contribution in [2.45, 2.75) is 6.92 Å². The number of thioether (sulfide) groups is 1. The number of hydrogen-bond acceptors (Lipinski definition) is 4. The fraction of sp³-hybridized carbons (Fsp3) is 0.0476. The number of nitrogens with one attached hydrogen (secondary N) is 1. The van der Waals surface area contributed by atoms with Crippen LogP contribution in [0, 0.1) is 6.92 Å². The number of halogens is 3. The minimum absolute atomic E-state index is 0.233. The van der Waals surface area contributed by atoms with E-state index in [9.17, 15) is 4.79 Å². The monoisotopic (exact) mass is 506 g/mol. The standard InChI is InChI=1S/C21H13BrCl2N2O2S/c1-11-2-5-14(15(22)8-11)18-7-4-13(28-18)10-19-20(27)26-21(29-19)25-12-3-6-16(23)17(24)9-12/h2-10H,1H3,(H,25,26,27)/b19-10-. The van der Waals surface area contributed by atoms with Crippen LogP contribution in [0.3, 0.4) is 0 Å². The number of rotatable bonds is 3. The maximum Gasteiger partial charge on any atom is 0.264 e. The van der Waals surface area contributed by atoms with Gasteiger partial charge in [0, 0.05) is 16.1 Å². The highest BCUT2D eigenvalue weighted by atomic mass is 79.9. The minimum Gasteiger partial charge on any atom is -0.457 e. The van der Waals surface area contributed by atoms with Crippen LogP contribution in [0.2, 0.25) is 10.0 Å². The molecular weight excluding hydrogens is 495 g/mol. The highest BCUT2D eigenvalue weighted by molar-refractivity contribution is 9.10. The lowest BCUT2D eigenvalue weighted by Crippen LogP contribution is -2.19. The molecule has 0 radical (unpaired) electrons. The van der Waals surface area contributed by atoms with Gasteiger partial charge >= 0.3 is 0 Å². The quantitative estimate of drug-likeness (QED) is 0.381. The fourth-order valence-corrected chi connectivity index (χ4v) is 4.48. The highest BCUT2D eigenvalue weighted by Gasteiger charge is 2.24. The Morgan fingerprint density at radius 3 is 2.69 bits per heavy atom. The summed E-state index contributed by atoms with van der Waals surface area (Å²) >= 11 is 16.7. The van der Waals surface area contributed by atoms with E-state index in [-0.39, 0.29) is 5.91 Å². The predicted molar refractivity (Wildman–Crippen MR) is 124 cm³/mol. The Morgan fingerprint density at radius 1 is 1.10 bits per heavy atom. The SMILES string of the molecule is Cc1ccc(-c2ccc(/C=C3\SC(=Nc4ccc(Cl)c(Cl)c4)NC3=O)o2)c(Br)c1. The third-order valence-corrected chi connectivity index (χ3v) is 6.38. The zero-order valence-electron chi connectivity index (χ0n) is 15.0. The molecule has 1 saturated heterocycles. The zero-order chi connectivity index (χ0) is 20.5. The Morgan fingerprint density at radius 2 is 1.93 bits per heavy atom. The molecule has 1 aliphatic rings. The van der Waals surface area contributed by atoms with Crippen molar-refractivity contribution >= 4 is 73.7 Å². The number of benzene rings is 2. The molecule has 0 aliphatic carbocycles. The Labute approximate surface area is 190 Å². The largest absolute Gasteiger partial charge is 0.457 e. The number of amidine groups is 1. The first-order chi connectivity index (χ1) is 13.9. The number of aryl methyl sites for hydroxylation is 1. The maximum atomic E-state index is 12.3. The second-order valence-corrected chi connectivity index (χ2v) is 8.96. The topological polar surface area (TPSA) is 54.6 Å². The third kappa shape index (κ3) is 4.61. The van der Waals surface area contributed by atoms with Crippen molar-refractivity contribution < 1.29 is 9.21 Å². The molecule has 1 N–H and O–H groups in total. The molecule has 1 amide bonds. The molecule has 0 atom stereocenters. The molecule has 146 valence electrons. The van der Waals surface area contributed by atoms with Gasteiger partial charge in [0.05, 0.1) is 20.6 Å². The van der Waals surface area contributed by atoms with Crippen LogP contribution >= 0.6 is 50.9 Å². The first-order valence-corrected chi connectivity index (χ1v) is 10.9. The molecule has 2 heterocycles. The summed E-state index contributed by atoms with van der Waals surface area (Å²) in [5.74, 6) is 1.07. The predicted octanol–water partition coefficient (Wildman–Crippen LogP) is 7.22. The smallest absolute Gasteiger partial charge is 0.264 e. The van der Waals surface area contributed by atoms with Gasteiger partial charge in [-0.25, -0.2) is 4.99 Å². The molecule has 0 spiro atoms. The second-order valence-electron chi connectivity index (χ2n) is 6.27. The van der Waals surface area contributed by atoms with Crippen molar-refractivity contribution in [3.63, 3.8) is 0 Å². The third-order valence-electron chi connectivity index (χ3n) is 4.07. The first-order valence-electron chi connectivity index (χ1n) is 8.50. The Kier molecular flexibility index (Phi) is 5.88. The van der Waals surface area contributed by atoms with Gasteiger partial charge in [0.15, 0.2) is 5.17 Å². The zero-order valence-corrected chi connectivity index (χ0v) is 18.9. The average Bonchev–Trinajstić information content (AvgIpc) is 3.25. The molecule has 0 bridgehead atoms. The fourth-order valence-electron chi connectivity index (χ4n) is 2.68. The summed E-state index contributed by atoms with van der Waals surface area (Å²) in [5, 5.41) is 4.07. The van der Waals surface area contributed by atoms with E-state index in [0.29, 0.717) is 31.6 Å². The van der Waals surface area contributed by atoms with E-state index < -0.39 is 0 Å². The van der Waals surface area contributed by atoms with Gasteiger partial charge in [0.2, 0.25) is 0 Å². The number of amides is 1. The van der Waals surface area contributed by atoms with Gasteiger partial charge in [-0.05, 0) is 66.7 Å². The van der Waals surface area contributed by atoms with Gasteiger partial charge in [-0.15, -0.1) is 0 Å². The van der Waals surface area contributed by atoms with Gasteiger partial charge in [-0.2, -0.15) is 0 Å². The van der Waals surface area contributed by atoms with E-state index in [1.807, 2.05) is 37.3 Å². The Bertz CT molecular complexity index is 1190. The molecule has 4 nitrogen and oxygen atoms in total. The molecule has 8 heteroatoms. The van der Waals surface area contributed by atoms with Crippen molar-refractivity contribution in [3.8, 4) is 11.3 Å². The van der Waals surface area contributed by atoms with Crippen LogP contribution in [-0.2, 0) is 4.79 Å². The molecule has 2 aromatic carbocycles. The van der Waals surface area contributed by atoms with Crippen molar-refractivity contribution in [1.82, 2.24) is 5.32 Å². The molecule has 1 aromatic heterocycles. The van der Waals surface area contributed by atoms with E-state index in [1.54, 1.807) is 24.3 Å². The van der Waals surface area contributed by atoms with Gasteiger partial charge in [0.25, 0.3) is 5.91 Å². The first kappa shape index (κ1) is 20.3. The number of hydrogen-bond donors (Lipinski definition) is 1. The van der Waals surface area contributed by atoms with E-state index in [1.165, 1.54) is 11.8 Å². The summed E-state index contributed by atoms with van der Waals surface area (Å²) in [5.41, 5.74) is 2.71. The van der Waals surface area contributed by atoms with E-state index in [4.69, 9.17) is 27.6 Å². The van der Waals surface area contributed by atoms with Crippen LogP contribution in [0.5, 0.6) is 0 Å². The van der Waals surface area contributed by atoms with Gasteiger partial charge in [0.1, 0.15) is 11.5 Å². The number of carbonyl (C=O) groups excluding carboxylic acids is 1. The summed E-state index contributed by atoms with van der Waals surface area (Å²) < 4.78 is 6.87. The van der Waals surface area contributed by atoms with E-state index >= 15 is 0 Å². The van der Waals surface area contributed by atoms with E-state index in [0.717, 1.165) is 21.4 Å². The lowest BCUT2D eigenvalue weighted by molar-refractivity contribution is -0.115. The molecule has 1 aliphatic heterocycles. The normalized spacial score (nSPS) is 16.6. The molecule has 3 aromatic rings. The summed E-state index contributed by atoms with van der Waals surface area (Å²) in [6.45, 7) is 2.03. The number of nitrogens with zero attached hydrogens (tertiary/aromatic N) is 1. The number of aliphatic imine (C=N–C) groups is 1. The minimum atomic E-state index is -0.233. The average molecular weight is 508 g/mol. The van der Waals surface area contributed by atoms with Crippen LogP contribution in [0.4, 0.5) is 5.69 Å². The van der Waals surface area contributed by atoms with Crippen LogP contribution in [0.1, 0.15) is 11.3 Å². The molecule has 29 heavy (non-hydrogen) atoms.